The molecule has 2 fully saturated rings. The fourth-order valence-corrected chi connectivity index (χ4v) is 5.45. The van der Waals surface area contributed by atoms with Gasteiger partial charge in [-0.15, -0.1) is 0 Å². The molecule has 2 bridgehead atoms. The SMILES string of the molecule is CC1(C)C[C@H]2C[C@@](C)(CN2Cn2nc3c(cc2=O)CCC3)C1. The van der Waals surface area contributed by atoms with Crippen LogP contribution in [0, 0.1) is 10.8 Å². The number of aromatic nitrogens is 2. The second kappa shape index (κ2) is 4.67. The molecule has 1 saturated carbocycles. The molecule has 120 valence electrons. The van der Waals surface area contributed by atoms with Crippen LogP contribution in [0.1, 0.15) is 57.7 Å². The lowest BCUT2D eigenvalue weighted by Gasteiger charge is -2.39. The lowest BCUT2D eigenvalue weighted by atomic mass is 9.65. The van der Waals surface area contributed by atoms with E-state index in [0.29, 0.717) is 23.5 Å². The maximum absolute atomic E-state index is 12.3. The van der Waals surface area contributed by atoms with Crippen LogP contribution in [-0.4, -0.2) is 27.3 Å². The van der Waals surface area contributed by atoms with Crippen LogP contribution in [0.2, 0.25) is 0 Å². The van der Waals surface area contributed by atoms with Crippen LogP contribution in [0.15, 0.2) is 10.9 Å². The molecule has 1 aromatic heterocycles. The molecule has 2 aliphatic carbocycles. The lowest BCUT2D eigenvalue weighted by molar-refractivity contribution is 0.119. The maximum atomic E-state index is 12.3. The summed E-state index contributed by atoms with van der Waals surface area (Å²) in [6.07, 6.45) is 7.00. The highest BCUT2D eigenvalue weighted by molar-refractivity contribution is 5.22. The van der Waals surface area contributed by atoms with E-state index < -0.39 is 0 Å². The molecule has 0 spiro atoms. The molecule has 1 aliphatic heterocycles. The molecule has 3 aliphatic rings. The quantitative estimate of drug-likeness (QED) is 0.843. The Labute approximate surface area is 132 Å². The van der Waals surface area contributed by atoms with Gasteiger partial charge in [0.2, 0.25) is 0 Å². The summed E-state index contributed by atoms with van der Waals surface area (Å²) in [6, 6.07) is 2.43. The molecule has 2 heterocycles. The first kappa shape index (κ1) is 14.4. The van der Waals surface area contributed by atoms with Gasteiger partial charge in [0.25, 0.3) is 5.56 Å². The zero-order valence-electron chi connectivity index (χ0n) is 14.1. The maximum Gasteiger partial charge on any atom is 0.268 e. The fraction of sp³-hybridized carbons (Fsp3) is 0.778. The Balaban J connectivity index is 1.59. The Morgan fingerprint density at radius 2 is 2.09 bits per heavy atom. The molecule has 22 heavy (non-hydrogen) atoms. The molecule has 0 unspecified atom stereocenters. The van der Waals surface area contributed by atoms with Gasteiger partial charge in [0.05, 0.1) is 12.4 Å². The van der Waals surface area contributed by atoms with Gasteiger partial charge in [0.1, 0.15) is 0 Å². The van der Waals surface area contributed by atoms with E-state index in [4.69, 9.17) is 0 Å². The van der Waals surface area contributed by atoms with Crippen LogP contribution in [0.4, 0.5) is 0 Å². The molecule has 0 amide bonds. The van der Waals surface area contributed by atoms with Crippen LogP contribution < -0.4 is 5.56 Å². The number of hydrogen-bond donors (Lipinski definition) is 0. The van der Waals surface area contributed by atoms with Gasteiger partial charge < -0.3 is 0 Å². The summed E-state index contributed by atoms with van der Waals surface area (Å²) in [5.74, 6) is 0. The molecule has 1 saturated heterocycles. The van der Waals surface area contributed by atoms with Crippen molar-refractivity contribution in [1.29, 1.82) is 0 Å². The number of nitrogens with zero attached hydrogens (tertiary/aromatic N) is 3. The number of likely N-dealkylation sites (tertiary alicyclic amines) is 1. The highest BCUT2D eigenvalue weighted by Crippen LogP contribution is 2.52. The Hall–Kier alpha value is -1.16. The Bertz CT molecular complexity index is 663. The predicted octanol–water partition coefficient (Wildman–Crippen LogP) is 2.59. The van der Waals surface area contributed by atoms with Crippen LogP contribution in [0.3, 0.4) is 0 Å². The van der Waals surface area contributed by atoms with E-state index in [0.717, 1.165) is 31.5 Å². The van der Waals surface area contributed by atoms with Gasteiger partial charge >= 0.3 is 0 Å². The van der Waals surface area contributed by atoms with Gasteiger partial charge in [-0.1, -0.05) is 20.8 Å². The Morgan fingerprint density at radius 3 is 2.91 bits per heavy atom. The average Bonchev–Trinajstić information content (AvgIpc) is 2.91. The summed E-state index contributed by atoms with van der Waals surface area (Å²) < 4.78 is 1.71. The molecular formula is C18H27N3O. The van der Waals surface area contributed by atoms with E-state index in [9.17, 15) is 4.79 Å². The standard InChI is InChI=1S/C18H27N3O/c1-17(2)8-14-9-18(3,10-17)11-20(14)12-21-16(22)7-13-5-4-6-15(13)19-21/h7,14H,4-6,8-12H2,1-3H3/t14-,18+/m0/s1. The van der Waals surface area contributed by atoms with Crippen LogP contribution >= 0.6 is 0 Å². The van der Waals surface area contributed by atoms with Crippen LogP contribution in [0.5, 0.6) is 0 Å². The third kappa shape index (κ3) is 2.41. The number of fused-ring (bicyclic) bond motifs is 3. The average molecular weight is 301 g/mol. The molecule has 2 atom stereocenters. The first-order valence-corrected chi connectivity index (χ1v) is 8.68. The van der Waals surface area contributed by atoms with Crippen molar-refractivity contribution in [2.75, 3.05) is 6.54 Å². The van der Waals surface area contributed by atoms with Gasteiger partial charge in [-0.25, -0.2) is 4.68 Å². The minimum atomic E-state index is 0.0755. The minimum absolute atomic E-state index is 0.0755. The molecular weight excluding hydrogens is 274 g/mol. The van der Waals surface area contributed by atoms with Crippen molar-refractivity contribution in [3.05, 3.63) is 27.7 Å². The van der Waals surface area contributed by atoms with Gasteiger partial charge in [0, 0.05) is 18.7 Å². The van der Waals surface area contributed by atoms with E-state index >= 15 is 0 Å². The second-order valence-corrected chi connectivity index (χ2v) is 8.91. The van der Waals surface area contributed by atoms with Crippen molar-refractivity contribution in [3.63, 3.8) is 0 Å². The highest BCUT2D eigenvalue weighted by Gasteiger charge is 2.49. The monoisotopic (exact) mass is 301 g/mol. The van der Waals surface area contributed by atoms with Crippen molar-refractivity contribution < 1.29 is 0 Å². The predicted molar refractivity (Wildman–Crippen MR) is 86.8 cm³/mol. The topological polar surface area (TPSA) is 38.1 Å². The van der Waals surface area contributed by atoms with E-state index in [2.05, 4.69) is 30.8 Å². The zero-order chi connectivity index (χ0) is 15.5. The molecule has 4 nitrogen and oxygen atoms in total. The smallest absolute Gasteiger partial charge is 0.268 e. The summed E-state index contributed by atoms with van der Waals surface area (Å²) in [5.41, 5.74) is 3.23. The van der Waals surface area contributed by atoms with Gasteiger partial charge in [-0.3, -0.25) is 9.69 Å². The van der Waals surface area contributed by atoms with Gasteiger partial charge in [0.15, 0.2) is 0 Å². The van der Waals surface area contributed by atoms with E-state index in [1.165, 1.54) is 24.8 Å². The second-order valence-electron chi connectivity index (χ2n) is 8.91. The normalized spacial score (nSPS) is 33.1. The minimum Gasteiger partial charge on any atom is -0.281 e. The molecule has 0 N–H and O–H groups in total. The summed E-state index contributed by atoms with van der Waals surface area (Å²) in [7, 11) is 0. The van der Waals surface area contributed by atoms with E-state index in [-0.39, 0.29) is 5.56 Å². The number of hydrogen-bond acceptors (Lipinski definition) is 3. The van der Waals surface area contributed by atoms with Gasteiger partial charge in [-0.2, -0.15) is 5.10 Å². The summed E-state index contributed by atoms with van der Waals surface area (Å²) in [4.78, 5) is 14.8. The first-order valence-electron chi connectivity index (χ1n) is 8.68. The summed E-state index contributed by atoms with van der Waals surface area (Å²) >= 11 is 0. The van der Waals surface area contributed by atoms with Crippen LogP contribution in [0.25, 0.3) is 0 Å². The fourth-order valence-electron chi connectivity index (χ4n) is 5.45. The molecule has 1 aromatic rings. The molecule has 4 rings (SSSR count). The van der Waals surface area contributed by atoms with E-state index in [1.54, 1.807) is 4.68 Å². The Kier molecular flexibility index (Phi) is 3.06. The number of aryl methyl sites for hydroxylation is 2. The van der Waals surface area contributed by atoms with Crippen molar-refractivity contribution in [2.45, 2.75) is 72.0 Å². The highest BCUT2D eigenvalue weighted by atomic mass is 16.1. The lowest BCUT2D eigenvalue weighted by Crippen LogP contribution is -2.38. The molecule has 0 aromatic carbocycles. The third-order valence-corrected chi connectivity index (χ3v) is 5.86. The van der Waals surface area contributed by atoms with Crippen molar-refractivity contribution in [3.8, 4) is 0 Å². The van der Waals surface area contributed by atoms with Crippen molar-refractivity contribution >= 4 is 0 Å². The third-order valence-electron chi connectivity index (χ3n) is 5.86. The molecule has 4 heteroatoms. The number of rotatable bonds is 2. The largest absolute Gasteiger partial charge is 0.281 e. The summed E-state index contributed by atoms with van der Waals surface area (Å²) in [5, 5.41) is 4.65. The van der Waals surface area contributed by atoms with E-state index in [1.807, 2.05) is 6.07 Å². The molecule has 0 radical (unpaired) electrons. The van der Waals surface area contributed by atoms with Crippen LogP contribution in [-0.2, 0) is 19.5 Å². The van der Waals surface area contributed by atoms with Gasteiger partial charge in [-0.05, 0) is 54.9 Å². The summed E-state index contributed by atoms with van der Waals surface area (Å²) in [6.45, 7) is 8.97. The zero-order valence-corrected chi connectivity index (χ0v) is 14.1. The Morgan fingerprint density at radius 1 is 1.27 bits per heavy atom. The first-order chi connectivity index (χ1) is 10.3. The van der Waals surface area contributed by atoms with Crippen molar-refractivity contribution in [2.24, 2.45) is 10.8 Å². The van der Waals surface area contributed by atoms with Crippen molar-refractivity contribution in [1.82, 2.24) is 14.7 Å².